The molecular weight excluding hydrogens is 324 g/mol. The summed E-state index contributed by atoms with van der Waals surface area (Å²) >= 11 is 4.99. The second-order valence-corrected chi connectivity index (χ2v) is 7.70. The molecule has 19 heavy (non-hydrogen) atoms. The van der Waals surface area contributed by atoms with Crippen LogP contribution >= 0.6 is 27.3 Å². The van der Waals surface area contributed by atoms with E-state index in [2.05, 4.69) is 20.8 Å². The maximum absolute atomic E-state index is 12.3. The zero-order valence-electron chi connectivity index (χ0n) is 11.0. The van der Waals surface area contributed by atoms with Crippen molar-refractivity contribution < 1.29 is 4.79 Å². The highest BCUT2D eigenvalue weighted by Gasteiger charge is 2.28. The van der Waals surface area contributed by atoms with Crippen LogP contribution in [0, 0.1) is 0 Å². The third-order valence-corrected chi connectivity index (χ3v) is 5.76. The van der Waals surface area contributed by atoms with E-state index in [0.717, 1.165) is 41.6 Å². The molecule has 2 heterocycles. The minimum absolute atomic E-state index is 0.188. The molecule has 0 radical (unpaired) electrons. The molecule has 1 aromatic heterocycles. The number of carbonyl (C=O) groups is 1. The molecule has 0 unspecified atom stereocenters. The van der Waals surface area contributed by atoms with E-state index < -0.39 is 0 Å². The van der Waals surface area contributed by atoms with Crippen molar-refractivity contribution in [2.75, 3.05) is 26.2 Å². The molecule has 3 nitrogen and oxygen atoms in total. The minimum Gasteiger partial charge on any atom is -0.336 e. The Labute approximate surface area is 126 Å². The summed E-state index contributed by atoms with van der Waals surface area (Å²) in [6.07, 6.45) is 5.47. The highest BCUT2D eigenvalue weighted by molar-refractivity contribution is 9.11. The van der Waals surface area contributed by atoms with E-state index >= 15 is 0 Å². The molecule has 1 saturated heterocycles. The number of nitrogens with zero attached hydrogens (tertiary/aromatic N) is 2. The first-order valence-electron chi connectivity index (χ1n) is 7.01. The van der Waals surface area contributed by atoms with Crippen LogP contribution in [0.2, 0.25) is 0 Å². The van der Waals surface area contributed by atoms with Crippen LogP contribution < -0.4 is 0 Å². The summed E-state index contributed by atoms with van der Waals surface area (Å²) in [7, 11) is 0. The quantitative estimate of drug-likeness (QED) is 0.823. The molecule has 0 aromatic carbocycles. The van der Waals surface area contributed by atoms with Gasteiger partial charge in [-0.05, 0) is 34.8 Å². The van der Waals surface area contributed by atoms with E-state index in [9.17, 15) is 4.79 Å². The maximum Gasteiger partial charge on any atom is 0.254 e. The van der Waals surface area contributed by atoms with Gasteiger partial charge in [0.15, 0.2) is 0 Å². The zero-order chi connectivity index (χ0) is 13.2. The Balaban J connectivity index is 1.56. The van der Waals surface area contributed by atoms with Crippen molar-refractivity contribution in [2.24, 2.45) is 0 Å². The predicted molar refractivity (Wildman–Crippen MR) is 81.8 cm³/mol. The van der Waals surface area contributed by atoms with Crippen LogP contribution in [0.3, 0.4) is 0 Å². The number of hydrogen-bond acceptors (Lipinski definition) is 3. The Morgan fingerprint density at radius 3 is 2.47 bits per heavy atom. The van der Waals surface area contributed by atoms with Gasteiger partial charge in [-0.2, -0.15) is 0 Å². The smallest absolute Gasteiger partial charge is 0.254 e. The SMILES string of the molecule is O=C(c1csc(Br)c1)N1CCN(C2CCCC2)CC1. The van der Waals surface area contributed by atoms with Crippen molar-refractivity contribution in [1.29, 1.82) is 0 Å². The lowest BCUT2D eigenvalue weighted by molar-refractivity contribution is 0.0574. The van der Waals surface area contributed by atoms with E-state index in [-0.39, 0.29) is 5.91 Å². The molecule has 2 aliphatic rings. The Morgan fingerprint density at radius 1 is 1.21 bits per heavy atom. The molecule has 3 rings (SSSR count). The third kappa shape index (κ3) is 3.03. The van der Waals surface area contributed by atoms with Gasteiger partial charge in [-0.25, -0.2) is 0 Å². The van der Waals surface area contributed by atoms with Gasteiger partial charge in [0.05, 0.1) is 9.35 Å². The molecule has 1 aliphatic heterocycles. The van der Waals surface area contributed by atoms with E-state index in [1.165, 1.54) is 25.7 Å². The number of halogens is 1. The van der Waals surface area contributed by atoms with E-state index in [0.29, 0.717) is 0 Å². The standard InChI is InChI=1S/C14H19BrN2OS/c15-13-9-11(10-19-13)14(18)17-7-5-16(6-8-17)12-3-1-2-4-12/h9-10,12H,1-8H2. The molecule has 2 fully saturated rings. The van der Waals surface area contributed by atoms with E-state index in [1.54, 1.807) is 11.3 Å². The van der Waals surface area contributed by atoms with Crippen LogP contribution in [-0.4, -0.2) is 47.9 Å². The maximum atomic E-state index is 12.3. The molecular formula is C14H19BrN2OS. The van der Waals surface area contributed by atoms with Crippen molar-refractivity contribution >= 4 is 33.2 Å². The van der Waals surface area contributed by atoms with Crippen molar-refractivity contribution in [2.45, 2.75) is 31.7 Å². The monoisotopic (exact) mass is 342 g/mol. The summed E-state index contributed by atoms with van der Waals surface area (Å²) in [5.74, 6) is 0.188. The number of piperazine rings is 1. The van der Waals surface area contributed by atoms with Crippen molar-refractivity contribution in [3.05, 3.63) is 20.8 Å². The van der Waals surface area contributed by atoms with Crippen LogP contribution in [0.15, 0.2) is 15.2 Å². The number of rotatable bonds is 2. The topological polar surface area (TPSA) is 23.6 Å². The van der Waals surface area contributed by atoms with Gasteiger partial charge in [-0.3, -0.25) is 9.69 Å². The lowest BCUT2D eigenvalue weighted by atomic mass is 10.1. The highest BCUT2D eigenvalue weighted by Crippen LogP contribution is 2.25. The van der Waals surface area contributed by atoms with Gasteiger partial charge >= 0.3 is 0 Å². The average Bonchev–Trinajstić information content (AvgIpc) is 3.09. The van der Waals surface area contributed by atoms with Crippen LogP contribution in [0.4, 0.5) is 0 Å². The van der Waals surface area contributed by atoms with Gasteiger partial charge in [0.2, 0.25) is 0 Å². The number of carbonyl (C=O) groups excluding carboxylic acids is 1. The molecule has 0 N–H and O–H groups in total. The molecule has 1 aromatic rings. The van der Waals surface area contributed by atoms with E-state index in [1.807, 2.05) is 16.3 Å². The zero-order valence-corrected chi connectivity index (χ0v) is 13.4. The molecule has 0 atom stereocenters. The molecule has 1 saturated carbocycles. The first-order chi connectivity index (χ1) is 9.24. The lowest BCUT2D eigenvalue weighted by Crippen LogP contribution is -2.51. The average molecular weight is 343 g/mol. The summed E-state index contributed by atoms with van der Waals surface area (Å²) in [6, 6.07) is 2.71. The van der Waals surface area contributed by atoms with Crippen LogP contribution in [0.5, 0.6) is 0 Å². The fourth-order valence-electron chi connectivity index (χ4n) is 3.16. The summed E-state index contributed by atoms with van der Waals surface area (Å²) in [5, 5.41) is 1.94. The molecule has 0 bridgehead atoms. The second kappa shape index (κ2) is 5.94. The van der Waals surface area contributed by atoms with Gasteiger partial charge in [0, 0.05) is 37.6 Å². The van der Waals surface area contributed by atoms with Gasteiger partial charge < -0.3 is 4.90 Å². The Kier molecular flexibility index (Phi) is 4.24. The van der Waals surface area contributed by atoms with Crippen molar-refractivity contribution in [3.8, 4) is 0 Å². The molecule has 5 heteroatoms. The van der Waals surface area contributed by atoms with Crippen LogP contribution in [0.1, 0.15) is 36.0 Å². The van der Waals surface area contributed by atoms with Crippen LogP contribution in [-0.2, 0) is 0 Å². The number of thiophene rings is 1. The van der Waals surface area contributed by atoms with Crippen LogP contribution in [0.25, 0.3) is 0 Å². The third-order valence-electron chi connectivity index (χ3n) is 4.26. The molecule has 1 aliphatic carbocycles. The summed E-state index contributed by atoms with van der Waals surface area (Å²) in [5.41, 5.74) is 0.825. The Hall–Kier alpha value is -0.390. The van der Waals surface area contributed by atoms with Gasteiger partial charge in [-0.1, -0.05) is 12.8 Å². The van der Waals surface area contributed by atoms with E-state index in [4.69, 9.17) is 0 Å². The molecule has 104 valence electrons. The fraction of sp³-hybridized carbons (Fsp3) is 0.643. The number of hydrogen-bond donors (Lipinski definition) is 0. The van der Waals surface area contributed by atoms with Gasteiger partial charge in [0.25, 0.3) is 5.91 Å². The normalized spacial score (nSPS) is 22.1. The summed E-state index contributed by atoms with van der Waals surface area (Å²) in [6.45, 7) is 3.84. The molecule has 1 amide bonds. The predicted octanol–water partition coefficient (Wildman–Crippen LogP) is 3.21. The first kappa shape index (κ1) is 13.6. The minimum atomic E-state index is 0.188. The van der Waals surface area contributed by atoms with Crippen molar-refractivity contribution in [1.82, 2.24) is 9.80 Å². The second-order valence-electron chi connectivity index (χ2n) is 5.41. The first-order valence-corrected chi connectivity index (χ1v) is 8.68. The Morgan fingerprint density at radius 2 is 1.89 bits per heavy atom. The van der Waals surface area contributed by atoms with Crippen molar-refractivity contribution in [3.63, 3.8) is 0 Å². The van der Waals surface area contributed by atoms with Gasteiger partial charge in [0.1, 0.15) is 0 Å². The summed E-state index contributed by atoms with van der Waals surface area (Å²) in [4.78, 5) is 16.9. The van der Waals surface area contributed by atoms with Gasteiger partial charge in [-0.15, -0.1) is 11.3 Å². The Bertz CT molecular complexity index is 448. The fourth-order valence-corrected chi connectivity index (χ4v) is 4.29. The lowest BCUT2D eigenvalue weighted by Gasteiger charge is -2.38. The largest absolute Gasteiger partial charge is 0.336 e. The highest BCUT2D eigenvalue weighted by atomic mass is 79.9. The summed E-state index contributed by atoms with van der Waals surface area (Å²) < 4.78 is 1.03. The number of amides is 1. The molecule has 0 spiro atoms.